The van der Waals surface area contributed by atoms with Gasteiger partial charge in [-0.05, 0) is 42.8 Å². The Morgan fingerprint density at radius 2 is 1.78 bits per heavy atom. The molecule has 0 fully saturated rings. The van der Waals surface area contributed by atoms with Gasteiger partial charge in [0.25, 0.3) is 21.8 Å². The minimum atomic E-state index is -4.04. The van der Waals surface area contributed by atoms with E-state index in [1.54, 1.807) is 0 Å². The highest BCUT2D eigenvalue weighted by molar-refractivity contribution is 7.90. The third kappa shape index (κ3) is 5.52. The van der Waals surface area contributed by atoms with Crippen molar-refractivity contribution in [3.63, 3.8) is 0 Å². The molecule has 2 N–H and O–H groups in total. The Kier molecular flexibility index (Phi) is 6.89. The lowest BCUT2D eigenvalue weighted by molar-refractivity contribution is 0.0943. The Labute approximate surface area is 158 Å². The number of carbonyl (C=O) groups is 2. The number of ether oxygens (including phenoxy) is 1. The maximum atomic E-state index is 12.3. The molecule has 9 heteroatoms. The fourth-order valence-corrected chi connectivity index (χ4v) is 3.10. The highest BCUT2D eigenvalue weighted by atomic mass is 32.2. The van der Waals surface area contributed by atoms with Crippen molar-refractivity contribution in [2.45, 2.75) is 24.7 Å². The summed E-state index contributed by atoms with van der Waals surface area (Å²) in [6.45, 7) is 2.55. The Morgan fingerprint density at radius 1 is 1.07 bits per heavy atom. The summed E-state index contributed by atoms with van der Waals surface area (Å²) >= 11 is 0. The molecule has 0 aliphatic heterocycles. The monoisotopic (exact) mass is 391 g/mol. The molecule has 1 aromatic carbocycles. The summed E-state index contributed by atoms with van der Waals surface area (Å²) in [4.78, 5) is 27.9. The molecule has 0 aliphatic rings. The molecule has 0 atom stereocenters. The van der Waals surface area contributed by atoms with Crippen LogP contribution in [0.25, 0.3) is 0 Å². The van der Waals surface area contributed by atoms with Gasteiger partial charge in [0, 0.05) is 12.7 Å². The fourth-order valence-electron chi connectivity index (χ4n) is 2.13. The number of amides is 2. The SMILES string of the molecule is CCCCNC(=O)c1ccc(C(=O)NS(=O)(=O)c2ccc(OC)cc2)cn1. The molecular weight excluding hydrogens is 370 g/mol. The standard InChI is InChI=1S/C18H21N3O5S/c1-3-4-11-19-18(23)16-10-5-13(12-20-16)17(22)21-27(24,25)15-8-6-14(26-2)7-9-15/h5-10,12H,3-4,11H2,1-2H3,(H,19,23)(H,21,22). The van der Waals surface area contributed by atoms with Crippen molar-refractivity contribution in [1.82, 2.24) is 15.0 Å². The average molecular weight is 391 g/mol. The first-order valence-corrected chi connectivity index (χ1v) is 9.81. The second kappa shape index (κ2) is 9.13. The van der Waals surface area contributed by atoms with Gasteiger partial charge in [-0.2, -0.15) is 0 Å². The van der Waals surface area contributed by atoms with Gasteiger partial charge in [-0.1, -0.05) is 13.3 Å². The minimum absolute atomic E-state index is 0.0252. The maximum absolute atomic E-state index is 12.3. The molecule has 0 saturated carbocycles. The molecule has 0 saturated heterocycles. The quantitative estimate of drug-likeness (QED) is 0.663. The molecule has 1 heterocycles. The lowest BCUT2D eigenvalue weighted by atomic mass is 10.2. The second-order valence-electron chi connectivity index (χ2n) is 5.65. The summed E-state index contributed by atoms with van der Waals surface area (Å²) in [7, 11) is -2.57. The van der Waals surface area contributed by atoms with E-state index in [1.807, 2.05) is 11.6 Å². The van der Waals surface area contributed by atoms with Crippen LogP contribution in [0.3, 0.4) is 0 Å². The lowest BCUT2D eigenvalue weighted by Crippen LogP contribution is -2.31. The van der Waals surface area contributed by atoms with Crippen LogP contribution in [0.15, 0.2) is 47.5 Å². The number of hydrogen-bond acceptors (Lipinski definition) is 6. The molecule has 27 heavy (non-hydrogen) atoms. The van der Waals surface area contributed by atoms with Crippen LogP contribution >= 0.6 is 0 Å². The van der Waals surface area contributed by atoms with Gasteiger partial charge in [-0.25, -0.2) is 13.1 Å². The van der Waals surface area contributed by atoms with E-state index < -0.39 is 15.9 Å². The topological polar surface area (TPSA) is 114 Å². The molecule has 0 aliphatic carbocycles. The van der Waals surface area contributed by atoms with Crippen LogP contribution in [-0.2, 0) is 10.0 Å². The number of pyridine rings is 1. The predicted octanol–water partition coefficient (Wildman–Crippen LogP) is 1.74. The molecule has 0 unspecified atom stereocenters. The van der Waals surface area contributed by atoms with Crippen molar-refractivity contribution in [1.29, 1.82) is 0 Å². The van der Waals surface area contributed by atoms with Crippen molar-refractivity contribution < 1.29 is 22.7 Å². The molecule has 0 bridgehead atoms. The summed E-state index contributed by atoms with van der Waals surface area (Å²) in [5.41, 5.74) is 0.179. The van der Waals surface area contributed by atoms with E-state index in [1.165, 1.54) is 43.5 Å². The predicted molar refractivity (Wildman–Crippen MR) is 99.1 cm³/mol. The van der Waals surface area contributed by atoms with Crippen molar-refractivity contribution in [3.05, 3.63) is 53.9 Å². The number of carbonyl (C=O) groups excluding carboxylic acids is 2. The Hall–Kier alpha value is -2.94. The number of nitrogens with one attached hydrogen (secondary N) is 2. The van der Waals surface area contributed by atoms with Crippen LogP contribution in [0.2, 0.25) is 0 Å². The van der Waals surface area contributed by atoms with Gasteiger partial charge < -0.3 is 10.1 Å². The van der Waals surface area contributed by atoms with E-state index >= 15 is 0 Å². The van der Waals surface area contributed by atoms with E-state index in [2.05, 4.69) is 10.3 Å². The maximum Gasteiger partial charge on any atom is 0.269 e. The molecule has 1 aromatic heterocycles. The zero-order chi connectivity index (χ0) is 19.9. The summed E-state index contributed by atoms with van der Waals surface area (Å²) < 4.78 is 31.5. The number of hydrogen-bond donors (Lipinski definition) is 2. The van der Waals surface area contributed by atoms with Gasteiger partial charge in [0.1, 0.15) is 11.4 Å². The number of methoxy groups -OCH3 is 1. The molecule has 2 aromatic rings. The second-order valence-corrected chi connectivity index (χ2v) is 7.33. The fraction of sp³-hybridized carbons (Fsp3) is 0.278. The Morgan fingerprint density at radius 3 is 2.33 bits per heavy atom. The van der Waals surface area contributed by atoms with Crippen LogP contribution in [0, 0.1) is 0 Å². The molecule has 2 rings (SSSR count). The van der Waals surface area contributed by atoms with E-state index in [4.69, 9.17) is 4.74 Å². The van der Waals surface area contributed by atoms with E-state index in [-0.39, 0.29) is 22.1 Å². The van der Waals surface area contributed by atoms with E-state index in [0.29, 0.717) is 12.3 Å². The number of sulfonamides is 1. The molecule has 144 valence electrons. The van der Waals surface area contributed by atoms with Gasteiger partial charge in [-0.15, -0.1) is 0 Å². The number of aromatic nitrogens is 1. The minimum Gasteiger partial charge on any atom is -0.497 e. The highest BCUT2D eigenvalue weighted by Gasteiger charge is 2.19. The summed E-state index contributed by atoms with van der Waals surface area (Å²) in [5.74, 6) is -0.685. The van der Waals surface area contributed by atoms with Crippen LogP contribution < -0.4 is 14.8 Å². The normalized spacial score (nSPS) is 10.9. The average Bonchev–Trinajstić information content (AvgIpc) is 2.68. The number of benzene rings is 1. The highest BCUT2D eigenvalue weighted by Crippen LogP contribution is 2.15. The summed E-state index contributed by atoms with van der Waals surface area (Å²) in [6, 6.07) is 8.34. The van der Waals surface area contributed by atoms with Gasteiger partial charge in [0.05, 0.1) is 17.6 Å². The third-order valence-corrected chi connectivity index (χ3v) is 5.02. The van der Waals surface area contributed by atoms with E-state index in [9.17, 15) is 18.0 Å². The largest absolute Gasteiger partial charge is 0.497 e. The number of rotatable bonds is 8. The molecule has 0 radical (unpaired) electrons. The first-order valence-electron chi connectivity index (χ1n) is 8.33. The van der Waals surface area contributed by atoms with Crippen molar-refractivity contribution >= 4 is 21.8 Å². The van der Waals surface area contributed by atoms with Crippen molar-refractivity contribution in [2.24, 2.45) is 0 Å². The molecule has 2 amide bonds. The van der Waals surface area contributed by atoms with E-state index in [0.717, 1.165) is 19.0 Å². The first-order chi connectivity index (χ1) is 12.9. The van der Waals surface area contributed by atoms with Crippen LogP contribution in [-0.4, -0.2) is 38.9 Å². The van der Waals surface area contributed by atoms with Crippen LogP contribution in [0.4, 0.5) is 0 Å². The third-order valence-electron chi connectivity index (χ3n) is 3.67. The zero-order valence-electron chi connectivity index (χ0n) is 15.1. The smallest absolute Gasteiger partial charge is 0.269 e. The van der Waals surface area contributed by atoms with Gasteiger partial charge in [0.15, 0.2) is 0 Å². The van der Waals surface area contributed by atoms with Crippen molar-refractivity contribution in [3.8, 4) is 5.75 Å². The Balaban J connectivity index is 2.05. The zero-order valence-corrected chi connectivity index (χ0v) is 15.9. The number of nitrogens with zero attached hydrogens (tertiary/aromatic N) is 1. The van der Waals surface area contributed by atoms with Crippen LogP contribution in [0.5, 0.6) is 5.75 Å². The first kappa shape index (κ1) is 20.4. The number of unbranched alkanes of at least 4 members (excludes halogenated alkanes) is 1. The summed E-state index contributed by atoms with van der Waals surface area (Å²) in [6.07, 6.45) is 2.97. The van der Waals surface area contributed by atoms with Crippen molar-refractivity contribution in [2.75, 3.05) is 13.7 Å². The summed E-state index contributed by atoms with van der Waals surface area (Å²) in [5, 5.41) is 2.71. The van der Waals surface area contributed by atoms with Crippen LogP contribution in [0.1, 0.15) is 40.6 Å². The van der Waals surface area contributed by atoms with Gasteiger partial charge in [0.2, 0.25) is 0 Å². The lowest BCUT2D eigenvalue weighted by Gasteiger charge is -2.08. The molecular formula is C18H21N3O5S. The van der Waals surface area contributed by atoms with Gasteiger partial charge >= 0.3 is 0 Å². The molecule has 8 nitrogen and oxygen atoms in total. The molecule has 0 spiro atoms. The van der Waals surface area contributed by atoms with Gasteiger partial charge in [-0.3, -0.25) is 14.6 Å². The Bertz CT molecular complexity index is 894.